The molecule has 1 fully saturated rings. The molecule has 0 aromatic carbocycles. The highest BCUT2D eigenvalue weighted by molar-refractivity contribution is 4.91. The summed E-state index contributed by atoms with van der Waals surface area (Å²) in [5.41, 5.74) is 0.299. The molecule has 1 aliphatic rings. The van der Waals surface area contributed by atoms with Crippen molar-refractivity contribution in [3.05, 3.63) is 5.92 Å². The molecule has 2 heteroatoms. The van der Waals surface area contributed by atoms with Crippen LogP contribution in [0, 0.1) is 5.92 Å². The second kappa shape index (κ2) is 3.75. The SMILES string of the molecule is C[C](C)CN1CCNC(C)(C)C1. The van der Waals surface area contributed by atoms with Gasteiger partial charge in [-0.2, -0.15) is 0 Å². The Morgan fingerprint density at radius 3 is 2.58 bits per heavy atom. The summed E-state index contributed by atoms with van der Waals surface area (Å²) in [6.45, 7) is 13.6. The van der Waals surface area contributed by atoms with E-state index in [2.05, 4.69) is 37.9 Å². The van der Waals surface area contributed by atoms with Crippen LogP contribution in [0.3, 0.4) is 0 Å². The molecule has 1 saturated heterocycles. The fourth-order valence-electron chi connectivity index (χ4n) is 1.83. The van der Waals surface area contributed by atoms with Gasteiger partial charge in [-0.3, -0.25) is 4.90 Å². The zero-order valence-corrected chi connectivity index (χ0v) is 8.78. The summed E-state index contributed by atoms with van der Waals surface area (Å²) in [4.78, 5) is 2.52. The van der Waals surface area contributed by atoms with E-state index in [1.807, 2.05) is 0 Å². The molecule has 0 amide bonds. The molecule has 1 radical (unpaired) electrons. The van der Waals surface area contributed by atoms with E-state index in [1.54, 1.807) is 0 Å². The van der Waals surface area contributed by atoms with E-state index in [-0.39, 0.29) is 0 Å². The van der Waals surface area contributed by atoms with Crippen molar-refractivity contribution in [2.24, 2.45) is 0 Å². The van der Waals surface area contributed by atoms with Crippen LogP contribution in [0.4, 0.5) is 0 Å². The van der Waals surface area contributed by atoms with Crippen LogP contribution in [0.1, 0.15) is 27.7 Å². The summed E-state index contributed by atoms with van der Waals surface area (Å²) >= 11 is 0. The van der Waals surface area contributed by atoms with Crippen LogP contribution in [-0.2, 0) is 0 Å². The summed E-state index contributed by atoms with van der Waals surface area (Å²) in [7, 11) is 0. The first kappa shape index (κ1) is 10.0. The summed E-state index contributed by atoms with van der Waals surface area (Å²) < 4.78 is 0. The summed E-state index contributed by atoms with van der Waals surface area (Å²) in [5.74, 6) is 1.51. The molecule has 12 heavy (non-hydrogen) atoms. The van der Waals surface area contributed by atoms with Gasteiger partial charge < -0.3 is 5.32 Å². The quantitative estimate of drug-likeness (QED) is 0.670. The lowest BCUT2D eigenvalue weighted by Crippen LogP contribution is -2.57. The Bertz CT molecular complexity index is 141. The topological polar surface area (TPSA) is 15.3 Å². The van der Waals surface area contributed by atoms with Crippen LogP contribution in [0.5, 0.6) is 0 Å². The van der Waals surface area contributed by atoms with Crippen molar-refractivity contribution in [2.45, 2.75) is 33.2 Å². The Labute approximate surface area is 76.3 Å². The average Bonchev–Trinajstić information content (AvgIpc) is 1.82. The first-order valence-electron chi connectivity index (χ1n) is 4.76. The Kier molecular flexibility index (Phi) is 3.13. The van der Waals surface area contributed by atoms with Crippen molar-refractivity contribution < 1.29 is 0 Å². The Balaban J connectivity index is 2.36. The molecule has 0 bridgehead atoms. The molecule has 0 unspecified atom stereocenters. The molecule has 2 nitrogen and oxygen atoms in total. The molecule has 1 rings (SSSR count). The van der Waals surface area contributed by atoms with E-state index < -0.39 is 0 Å². The van der Waals surface area contributed by atoms with Gasteiger partial charge in [-0.05, 0) is 19.8 Å². The minimum absolute atomic E-state index is 0.299. The molecule has 1 heterocycles. The minimum atomic E-state index is 0.299. The third kappa shape index (κ3) is 3.11. The maximum absolute atomic E-state index is 3.51. The molecule has 0 saturated carbocycles. The number of rotatable bonds is 2. The van der Waals surface area contributed by atoms with Crippen molar-refractivity contribution in [1.29, 1.82) is 0 Å². The molecule has 0 aromatic heterocycles. The zero-order chi connectivity index (χ0) is 9.19. The number of hydrogen-bond donors (Lipinski definition) is 1. The van der Waals surface area contributed by atoms with Crippen molar-refractivity contribution >= 4 is 0 Å². The molecular weight excluding hydrogens is 148 g/mol. The van der Waals surface area contributed by atoms with E-state index in [9.17, 15) is 0 Å². The predicted octanol–water partition coefficient (Wildman–Crippen LogP) is 1.28. The van der Waals surface area contributed by atoms with Crippen LogP contribution in [0.2, 0.25) is 0 Å². The Morgan fingerprint density at radius 2 is 2.08 bits per heavy atom. The van der Waals surface area contributed by atoms with E-state index in [4.69, 9.17) is 0 Å². The summed E-state index contributed by atoms with van der Waals surface area (Å²) in [6.07, 6.45) is 0. The Hall–Kier alpha value is -0.0800. The zero-order valence-electron chi connectivity index (χ0n) is 8.78. The maximum atomic E-state index is 3.51. The molecule has 71 valence electrons. The van der Waals surface area contributed by atoms with Gasteiger partial charge in [-0.1, -0.05) is 13.8 Å². The normalized spacial score (nSPS) is 24.8. The van der Waals surface area contributed by atoms with Crippen molar-refractivity contribution in [2.75, 3.05) is 26.2 Å². The maximum Gasteiger partial charge on any atom is 0.0252 e. The Morgan fingerprint density at radius 1 is 1.42 bits per heavy atom. The first-order valence-corrected chi connectivity index (χ1v) is 4.76. The lowest BCUT2D eigenvalue weighted by atomic mass is 10.0. The molecule has 0 aromatic rings. The fraction of sp³-hybridized carbons (Fsp3) is 0.900. The lowest BCUT2D eigenvalue weighted by molar-refractivity contribution is 0.160. The van der Waals surface area contributed by atoms with Crippen molar-refractivity contribution in [3.63, 3.8) is 0 Å². The summed E-state index contributed by atoms with van der Waals surface area (Å²) in [5, 5.41) is 3.51. The van der Waals surface area contributed by atoms with Gasteiger partial charge in [0.15, 0.2) is 0 Å². The molecule has 1 N–H and O–H groups in total. The van der Waals surface area contributed by atoms with E-state index >= 15 is 0 Å². The van der Waals surface area contributed by atoms with E-state index in [1.165, 1.54) is 12.5 Å². The van der Waals surface area contributed by atoms with Crippen LogP contribution in [-0.4, -0.2) is 36.6 Å². The van der Waals surface area contributed by atoms with Crippen molar-refractivity contribution in [3.8, 4) is 0 Å². The number of hydrogen-bond acceptors (Lipinski definition) is 2. The minimum Gasteiger partial charge on any atom is -0.309 e. The van der Waals surface area contributed by atoms with Gasteiger partial charge in [-0.15, -0.1) is 0 Å². The van der Waals surface area contributed by atoms with Gasteiger partial charge in [0.1, 0.15) is 0 Å². The molecule has 1 aliphatic heterocycles. The highest BCUT2D eigenvalue weighted by Gasteiger charge is 2.25. The van der Waals surface area contributed by atoms with Crippen LogP contribution < -0.4 is 5.32 Å². The fourth-order valence-corrected chi connectivity index (χ4v) is 1.83. The van der Waals surface area contributed by atoms with Crippen LogP contribution >= 0.6 is 0 Å². The summed E-state index contributed by atoms with van der Waals surface area (Å²) in [6, 6.07) is 0. The van der Waals surface area contributed by atoms with E-state index in [0.29, 0.717) is 5.54 Å². The largest absolute Gasteiger partial charge is 0.309 e. The second-order valence-corrected chi connectivity index (χ2v) is 4.73. The van der Waals surface area contributed by atoms with E-state index in [0.717, 1.165) is 19.6 Å². The van der Waals surface area contributed by atoms with Crippen molar-refractivity contribution in [1.82, 2.24) is 10.2 Å². The third-order valence-corrected chi connectivity index (χ3v) is 2.19. The molecular formula is C10H21N2. The van der Waals surface area contributed by atoms with Gasteiger partial charge in [0.25, 0.3) is 0 Å². The highest BCUT2D eigenvalue weighted by atomic mass is 15.2. The molecule has 0 atom stereocenters. The monoisotopic (exact) mass is 169 g/mol. The third-order valence-electron chi connectivity index (χ3n) is 2.19. The number of nitrogens with one attached hydrogen (secondary N) is 1. The molecule has 0 spiro atoms. The molecule has 0 aliphatic carbocycles. The predicted molar refractivity (Wildman–Crippen MR) is 53.1 cm³/mol. The van der Waals surface area contributed by atoms with Crippen LogP contribution in [0.25, 0.3) is 0 Å². The first-order chi connectivity index (χ1) is 5.49. The lowest BCUT2D eigenvalue weighted by Gasteiger charge is -2.39. The number of nitrogens with zero attached hydrogens (tertiary/aromatic N) is 1. The van der Waals surface area contributed by atoms with Gasteiger partial charge in [-0.25, -0.2) is 0 Å². The van der Waals surface area contributed by atoms with Gasteiger partial charge in [0, 0.05) is 31.7 Å². The van der Waals surface area contributed by atoms with Gasteiger partial charge in [0.05, 0.1) is 0 Å². The van der Waals surface area contributed by atoms with Gasteiger partial charge >= 0.3 is 0 Å². The van der Waals surface area contributed by atoms with Crippen LogP contribution in [0.15, 0.2) is 0 Å². The standard InChI is InChI=1S/C10H21N2/c1-9(2)7-12-6-5-11-10(3,4)8-12/h11H,5-8H2,1-4H3. The average molecular weight is 169 g/mol. The second-order valence-electron chi connectivity index (χ2n) is 4.73. The smallest absolute Gasteiger partial charge is 0.0252 e. The van der Waals surface area contributed by atoms with Gasteiger partial charge in [0.2, 0.25) is 0 Å². The number of piperazine rings is 1. The highest BCUT2D eigenvalue weighted by Crippen LogP contribution is 2.11.